The molecule has 102 valence electrons. The summed E-state index contributed by atoms with van der Waals surface area (Å²) in [4.78, 5) is 2.35. The average molecular weight is 313 g/mol. The maximum Gasteiger partial charge on any atom is 0.0410 e. The Morgan fingerprint density at radius 1 is 1.28 bits per heavy atom. The molecule has 0 radical (unpaired) electrons. The van der Waals surface area contributed by atoms with Gasteiger partial charge < -0.3 is 10.6 Å². The van der Waals surface area contributed by atoms with Crippen LogP contribution in [0.3, 0.4) is 0 Å². The van der Waals surface area contributed by atoms with E-state index in [1.165, 1.54) is 11.3 Å². The summed E-state index contributed by atoms with van der Waals surface area (Å²) in [6.45, 7) is 6.61. The summed E-state index contributed by atoms with van der Waals surface area (Å²) in [5.41, 5.74) is 8.73. The quantitative estimate of drug-likeness (QED) is 0.861. The third-order valence-electron chi connectivity index (χ3n) is 3.69. The first-order valence-corrected chi connectivity index (χ1v) is 7.55. The molecule has 0 heterocycles. The molecule has 0 aliphatic rings. The van der Waals surface area contributed by atoms with Crippen LogP contribution >= 0.6 is 15.9 Å². The van der Waals surface area contributed by atoms with E-state index < -0.39 is 0 Å². The second kappa shape index (κ2) is 7.15. The average Bonchev–Trinajstić information content (AvgIpc) is 2.38. The van der Waals surface area contributed by atoms with E-state index >= 15 is 0 Å². The van der Waals surface area contributed by atoms with E-state index in [1.54, 1.807) is 0 Å². The predicted molar refractivity (Wildman–Crippen MR) is 84.3 cm³/mol. The molecule has 2 nitrogen and oxygen atoms in total. The summed E-state index contributed by atoms with van der Waals surface area (Å²) >= 11 is 3.56. The van der Waals surface area contributed by atoms with E-state index in [9.17, 15) is 0 Å². The van der Waals surface area contributed by atoms with Crippen molar-refractivity contribution in [3.05, 3.63) is 28.2 Å². The number of nitrogens with two attached hydrogens (primary N) is 1. The normalized spacial score (nSPS) is 14.3. The molecule has 0 saturated heterocycles. The zero-order chi connectivity index (χ0) is 13.7. The van der Waals surface area contributed by atoms with Crippen LogP contribution in [0.2, 0.25) is 0 Å². The molecule has 1 rings (SSSR count). The predicted octanol–water partition coefficient (Wildman–Crippen LogP) is 3.96. The Bertz CT molecular complexity index is 379. The van der Waals surface area contributed by atoms with Gasteiger partial charge >= 0.3 is 0 Å². The molecule has 1 aromatic carbocycles. The number of halogens is 1. The molecule has 0 aliphatic carbocycles. The monoisotopic (exact) mass is 312 g/mol. The third kappa shape index (κ3) is 3.99. The molecule has 0 amide bonds. The van der Waals surface area contributed by atoms with Crippen LogP contribution in [0, 0.1) is 0 Å². The van der Waals surface area contributed by atoms with Gasteiger partial charge in [0, 0.05) is 29.3 Å². The summed E-state index contributed by atoms with van der Waals surface area (Å²) in [6, 6.07) is 7.27. The van der Waals surface area contributed by atoms with Crippen molar-refractivity contribution >= 4 is 21.6 Å². The molecule has 18 heavy (non-hydrogen) atoms. The van der Waals surface area contributed by atoms with E-state index in [1.807, 2.05) is 0 Å². The lowest BCUT2D eigenvalue weighted by Crippen LogP contribution is -2.30. The number of anilines is 1. The van der Waals surface area contributed by atoms with Crippen LogP contribution in [-0.4, -0.2) is 19.1 Å². The van der Waals surface area contributed by atoms with E-state index in [-0.39, 0.29) is 6.04 Å². The van der Waals surface area contributed by atoms with Crippen LogP contribution in [0.5, 0.6) is 0 Å². The highest BCUT2D eigenvalue weighted by Crippen LogP contribution is 2.27. The van der Waals surface area contributed by atoms with Gasteiger partial charge in [-0.3, -0.25) is 0 Å². The zero-order valence-corrected chi connectivity index (χ0v) is 13.5. The maximum atomic E-state index is 6.09. The first-order valence-electron chi connectivity index (χ1n) is 6.76. The highest BCUT2D eigenvalue weighted by Gasteiger charge is 2.14. The Balaban J connectivity index is 3.03. The summed E-state index contributed by atoms with van der Waals surface area (Å²) in [5.74, 6) is 0. The molecule has 1 aromatic rings. The van der Waals surface area contributed by atoms with E-state index in [2.05, 4.69) is 66.8 Å². The molecular formula is C15H25BrN2. The summed E-state index contributed by atoms with van der Waals surface area (Å²) < 4.78 is 1.13. The first-order chi connectivity index (χ1) is 8.49. The largest absolute Gasteiger partial charge is 0.372 e. The fourth-order valence-corrected chi connectivity index (χ4v) is 2.33. The Morgan fingerprint density at radius 3 is 2.50 bits per heavy atom. The van der Waals surface area contributed by atoms with Crippen molar-refractivity contribution < 1.29 is 0 Å². The smallest absolute Gasteiger partial charge is 0.0410 e. The van der Waals surface area contributed by atoms with E-state index in [0.717, 1.165) is 23.7 Å². The number of rotatable bonds is 6. The molecule has 0 aromatic heterocycles. The Hall–Kier alpha value is -0.540. The van der Waals surface area contributed by atoms with Gasteiger partial charge in [0.15, 0.2) is 0 Å². The van der Waals surface area contributed by atoms with Crippen molar-refractivity contribution in [2.75, 3.05) is 11.9 Å². The molecule has 0 bridgehead atoms. The molecule has 2 atom stereocenters. The van der Waals surface area contributed by atoms with Gasteiger partial charge in [0.05, 0.1) is 0 Å². The molecule has 0 spiro atoms. The fourth-order valence-electron chi connectivity index (χ4n) is 1.98. The molecule has 0 fully saturated rings. The lowest BCUT2D eigenvalue weighted by molar-refractivity contribution is 0.633. The second-order valence-electron chi connectivity index (χ2n) is 5.01. The third-order valence-corrected chi connectivity index (χ3v) is 4.18. The minimum atomic E-state index is 0.246. The minimum absolute atomic E-state index is 0.246. The van der Waals surface area contributed by atoms with Crippen LogP contribution in [0.15, 0.2) is 22.7 Å². The van der Waals surface area contributed by atoms with Crippen LogP contribution in [-0.2, 0) is 6.42 Å². The van der Waals surface area contributed by atoms with E-state index in [0.29, 0.717) is 6.04 Å². The Kier molecular flexibility index (Phi) is 6.16. The maximum absolute atomic E-state index is 6.09. The lowest BCUT2D eigenvalue weighted by atomic mass is 10.0. The van der Waals surface area contributed by atoms with Crippen LogP contribution in [0.1, 0.15) is 39.2 Å². The number of benzene rings is 1. The minimum Gasteiger partial charge on any atom is -0.372 e. The van der Waals surface area contributed by atoms with Crippen molar-refractivity contribution in [2.45, 2.75) is 52.1 Å². The Morgan fingerprint density at radius 2 is 1.94 bits per heavy atom. The van der Waals surface area contributed by atoms with Gasteiger partial charge in [0.2, 0.25) is 0 Å². The van der Waals surface area contributed by atoms with Gasteiger partial charge in [-0.2, -0.15) is 0 Å². The molecule has 0 saturated carbocycles. The van der Waals surface area contributed by atoms with Crippen LogP contribution < -0.4 is 10.6 Å². The molecule has 2 unspecified atom stereocenters. The number of hydrogen-bond donors (Lipinski definition) is 1. The van der Waals surface area contributed by atoms with Crippen molar-refractivity contribution in [1.29, 1.82) is 0 Å². The SMILES string of the molecule is CCC(N)Cc1ccc(Br)cc1N(C)C(C)CC. The van der Waals surface area contributed by atoms with Crippen molar-refractivity contribution in [2.24, 2.45) is 5.73 Å². The molecule has 3 heteroatoms. The molecule has 0 aliphatic heterocycles. The van der Waals surface area contributed by atoms with Crippen LogP contribution in [0.25, 0.3) is 0 Å². The number of nitrogens with zero attached hydrogens (tertiary/aromatic N) is 1. The summed E-state index contributed by atoms with van der Waals surface area (Å²) in [6.07, 6.45) is 3.10. The second-order valence-corrected chi connectivity index (χ2v) is 5.93. The summed E-state index contributed by atoms with van der Waals surface area (Å²) in [7, 11) is 2.16. The molecular weight excluding hydrogens is 288 g/mol. The van der Waals surface area contributed by atoms with Gasteiger partial charge in [-0.1, -0.05) is 35.8 Å². The summed E-state index contributed by atoms with van der Waals surface area (Å²) in [5, 5.41) is 0. The molecule has 2 N–H and O–H groups in total. The van der Waals surface area contributed by atoms with E-state index in [4.69, 9.17) is 5.73 Å². The van der Waals surface area contributed by atoms with Gasteiger partial charge in [-0.25, -0.2) is 0 Å². The first kappa shape index (κ1) is 15.5. The number of hydrogen-bond acceptors (Lipinski definition) is 2. The topological polar surface area (TPSA) is 29.3 Å². The highest BCUT2D eigenvalue weighted by atomic mass is 79.9. The van der Waals surface area contributed by atoms with Gasteiger partial charge in [-0.15, -0.1) is 0 Å². The fraction of sp³-hybridized carbons (Fsp3) is 0.600. The standard InChI is InChI=1S/C15H25BrN2/c1-5-11(3)18(4)15-10-13(16)8-7-12(15)9-14(17)6-2/h7-8,10-11,14H,5-6,9,17H2,1-4H3. The highest BCUT2D eigenvalue weighted by molar-refractivity contribution is 9.10. The zero-order valence-electron chi connectivity index (χ0n) is 11.9. The Labute approximate surface area is 120 Å². The van der Waals surface area contributed by atoms with Gasteiger partial charge in [0.1, 0.15) is 0 Å². The van der Waals surface area contributed by atoms with Crippen molar-refractivity contribution in [3.8, 4) is 0 Å². The lowest BCUT2D eigenvalue weighted by Gasteiger charge is -2.29. The van der Waals surface area contributed by atoms with Gasteiger partial charge in [-0.05, 0) is 43.9 Å². The van der Waals surface area contributed by atoms with Crippen LogP contribution in [0.4, 0.5) is 5.69 Å². The van der Waals surface area contributed by atoms with Crippen molar-refractivity contribution in [1.82, 2.24) is 0 Å². The van der Waals surface area contributed by atoms with Crippen molar-refractivity contribution in [3.63, 3.8) is 0 Å². The van der Waals surface area contributed by atoms with Gasteiger partial charge in [0.25, 0.3) is 0 Å².